The van der Waals surface area contributed by atoms with Gasteiger partial charge in [0, 0.05) is 37.0 Å². The van der Waals surface area contributed by atoms with Crippen molar-refractivity contribution in [1.29, 1.82) is 0 Å². The summed E-state index contributed by atoms with van der Waals surface area (Å²) in [6.07, 6.45) is 0.370. The SMILES string of the molecule is CC(=O)Nc1ccc(NCCC(=O)N(Cc2ccccc2)c2ccccc2)cc1. The fourth-order valence-corrected chi connectivity index (χ4v) is 3.02. The molecule has 0 aliphatic carbocycles. The number of benzene rings is 3. The highest BCUT2D eigenvalue weighted by atomic mass is 16.2. The van der Waals surface area contributed by atoms with Crippen LogP contribution in [0.5, 0.6) is 0 Å². The Morgan fingerprint density at radius 1 is 0.793 bits per heavy atom. The first-order chi connectivity index (χ1) is 14.1. The minimum absolute atomic E-state index is 0.0578. The molecule has 3 rings (SSSR count). The number of rotatable bonds is 8. The van der Waals surface area contributed by atoms with Crippen molar-refractivity contribution in [3.63, 3.8) is 0 Å². The van der Waals surface area contributed by atoms with E-state index in [-0.39, 0.29) is 11.8 Å². The van der Waals surface area contributed by atoms with Crippen LogP contribution in [0.1, 0.15) is 18.9 Å². The third-order valence-electron chi connectivity index (χ3n) is 4.43. The van der Waals surface area contributed by atoms with Crippen molar-refractivity contribution in [3.05, 3.63) is 90.5 Å². The Kier molecular flexibility index (Phi) is 7.00. The van der Waals surface area contributed by atoms with Gasteiger partial charge >= 0.3 is 0 Å². The standard InChI is InChI=1S/C24H25N3O2/c1-19(28)26-22-14-12-21(13-15-22)25-17-16-24(29)27(23-10-6-3-7-11-23)18-20-8-4-2-5-9-20/h2-15,25H,16-18H2,1H3,(H,26,28). The lowest BCUT2D eigenvalue weighted by atomic mass is 10.2. The summed E-state index contributed by atoms with van der Waals surface area (Å²) >= 11 is 0. The Morgan fingerprint density at radius 2 is 1.38 bits per heavy atom. The van der Waals surface area contributed by atoms with Crippen LogP contribution in [0.3, 0.4) is 0 Å². The molecule has 0 aromatic heterocycles. The number of hydrogen-bond donors (Lipinski definition) is 2. The van der Waals surface area contributed by atoms with Crippen LogP contribution >= 0.6 is 0 Å². The molecule has 0 aliphatic heterocycles. The number of nitrogens with one attached hydrogen (secondary N) is 2. The lowest BCUT2D eigenvalue weighted by Crippen LogP contribution is -2.31. The van der Waals surface area contributed by atoms with Crippen molar-refractivity contribution < 1.29 is 9.59 Å². The Morgan fingerprint density at radius 3 is 2.00 bits per heavy atom. The van der Waals surface area contributed by atoms with Gasteiger partial charge < -0.3 is 15.5 Å². The van der Waals surface area contributed by atoms with Crippen LogP contribution < -0.4 is 15.5 Å². The second-order valence-electron chi connectivity index (χ2n) is 6.74. The molecule has 0 bridgehead atoms. The minimum Gasteiger partial charge on any atom is -0.385 e. The topological polar surface area (TPSA) is 61.4 Å². The van der Waals surface area contributed by atoms with E-state index < -0.39 is 0 Å². The maximum atomic E-state index is 13.0. The van der Waals surface area contributed by atoms with Gasteiger partial charge in [-0.3, -0.25) is 9.59 Å². The average molecular weight is 387 g/mol. The van der Waals surface area contributed by atoms with Gasteiger partial charge in [0.15, 0.2) is 0 Å². The van der Waals surface area contributed by atoms with Crippen molar-refractivity contribution in [2.24, 2.45) is 0 Å². The molecule has 2 amide bonds. The molecule has 0 atom stereocenters. The van der Waals surface area contributed by atoms with Gasteiger partial charge in [0.05, 0.1) is 6.54 Å². The van der Waals surface area contributed by atoms with Crippen LogP contribution in [0.25, 0.3) is 0 Å². The Balaban J connectivity index is 1.60. The van der Waals surface area contributed by atoms with E-state index in [1.807, 2.05) is 89.8 Å². The maximum absolute atomic E-state index is 13.0. The van der Waals surface area contributed by atoms with Gasteiger partial charge in [0.25, 0.3) is 0 Å². The summed E-state index contributed by atoms with van der Waals surface area (Å²) in [5, 5.41) is 6.00. The maximum Gasteiger partial charge on any atom is 0.229 e. The van der Waals surface area contributed by atoms with Crippen LogP contribution in [0.15, 0.2) is 84.9 Å². The fraction of sp³-hybridized carbons (Fsp3) is 0.167. The van der Waals surface area contributed by atoms with Crippen molar-refractivity contribution in [2.75, 3.05) is 22.1 Å². The van der Waals surface area contributed by atoms with E-state index in [4.69, 9.17) is 0 Å². The zero-order valence-electron chi connectivity index (χ0n) is 16.5. The number of para-hydroxylation sites is 1. The van der Waals surface area contributed by atoms with Crippen molar-refractivity contribution >= 4 is 28.9 Å². The second-order valence-corrected chi connectivity index (χ2v) is 6.74. The number of nitrogens with zero attached hydrogens (tertiary/aromatic N) is 1. The summed E-state index contributed by atoms with van der Waals surface area (Å²) in [4.78, 5) is 25.9. The molecule has 0 fully saturated rings. The largest absolute Gasteiger partial charge is 0.385 e. The van der Waals surface area contributed by atoms with E-state index in [9.17, 15) is 9.59 Å². The first kappa shape index (κ1) is 20.1. The lowest BCUT2D eigenvalue weighted by Gasteiger charge is -2.23. The van der Waals surface area contributed by atoms with E-state index in [2.05, 4.69) is 10.6 Å². The number of amides is 2. The van der Waals surface area contributed by atoms with Gasteiger partial charge in [-0.05, 0) is 42.0 Å². The molecule has 3 aromatic carbocycles. The normalized spacial score (nSPS) is 10.2. The molecule has 0 saturated carbocycles. The quantitative estimate of drug-likeness (QED) is 0.590. The first-order valence-corrected chi connectivity index (χ1v) is 9.63. The van der Waals surface area contributed by atoms with E-state index >= 15 is 0 Å². The minimum atomic E-state index is -0.101. The third-order valence-corrected chi connectivity index (χ3v) is 4.43. The Labute approximate surface area is 171 Å². The Bertz CT molecular complexity index is 925. The van der Waals surface area contributed by atoms with Crippen molar-refractivity contribution in [1.82, 2.24) is 0 Å². The summed E-state index contributed by atoms with van der Waals surface area (Å²) in [7, 11) is 0. The van der Waals surface area contributed by atoms with Crippen LogP contribution in [0.4, 0.5) is 17.1 Å². The summed E-state index contributed by atoms with van der Waals surface area (Å²) < 4.78 is 0. The van der Waals surface area contributed by atoms with Gasteiger partial charge in [-0.15, -0.1) is 0 Å². The highest BCUT2D eigenvalue weighted by Crippen LogP contribution is 2.19. The van der Waals surface area contributed by atoms with Crippen molar-refractivity contribution in [2.45, 2.75) is 19.9 Å². The summed E-state index contributed by atoms with van der Waals surface area (Å²) in [6, 6.07) is 27.1. The van der Waals surface area contributed by atoms with Crippen molar-refractivity contribution in [3.8, 4) is 0 Å². The smallest absolute Gasteiger partial charge is 0.229 e. The monoisotopic (exact) mass is 387 g/mol. The fourth-order valence-electron chi connectivity index (χ4n) is 3.02. The van der Waals surface area contributed by atoms with Gasteiger partial charge in [-0.2, -0.15) is 0 Å². The molecule has 3 aromatic rings. The zero-order chi connectivity index (χ0) is 20.5. The lowest BCUT2D eigenvalue weighted by molar-refractivity contribution is -0.118. The predicted molar refractivity (Wildman–Crippen MR) is 118 cm³/mol. The molecule has 0 radical (unpaired) electrons. The average Bonchev–Trinajstić information content (AvgIpc) is 2.74. The first-order valence-electron chi connectivity index (χ1n) is 9.63. The molecule has 0 saturated heterocycles. The van der Waals surface area contributed by atoms with Gasteiger partial charge in [0.1, 0.15) is 0 Å². The number of hydrogen-bond acceptors (Lipinski definition) is 3. The number of anilines is 3. The molecule has 0 aliphatic rings. The molecule has 5 heteroatoms. The predicted octanol–water partition coefficient (Wildman–Crippen LogP) is 4.68. The molecular formula is C24H25N3O2. The summed E-state index contributed by atoms with van der Waals surface area (Å²) in [6.45, 7) is 2.54. The highest BCUT2D eigenvalue weighted by molar-refractivity contribution is 5.93. The number of carbonyl (C=O) groups is 2. The second kappa shape index (κ2) is 10.1. The molecular weight excluding hydrogens is 362 g/mol. The van der Waals surface area contributed by atoms with Gasteiger partial charge in [0.2, 0.25) is 11.8 Å². The van der Waals surface area contributed by atoms with E-state index in [0.717, 1.165) is 22.6 Å². The van der Waals surface area contributed by atoms with Crippen LogP contribution in [-0.4, -0.2) is 18.4 Å². The van der Waals surface area contributed by atoms with Crippen LogP contribution in [-0.2, 0) is 16.1 Å². The van der Waals surface area contributed by atoms with E-state index in [1.54, 1.807) is 0 Å². The third kappa shape index (κ3) is 6.21. The molecule has 29 heavy (non-hydrogen) atoms. The Hall–Kier alpha value is -3.60. The van der Waals surface area contributed by atoms with E-state index in [0.29, 0.717) is 19.5 Å². The molecule has 0 unspecified atom stereocenters. The van der Waals surface area contributed by atoms with Crippen LogP contribution in [0, 0.1) is 0 Å². The molecule has 0 spiro atoms. The molecule has 0 heterocycles. The van der Waals surface area contributed by atoms with Gasteiger partial charge in [-0.1, -0.05) is 48.5 Å². The highest BCUT2D eigenvalue weighted by Gasteiger charge is 2.15. The summed E-state index contributed by atoms with van der Waals surface area (Å²) in [5.74, 6) is -0.0434. The number of carbonyl (C=O) groups excluding carboxylic acids is 2. The molecule has 2 N–H and O–H groups in total. The molecule has 5 nitrogen and oxygen atoms in total. The summed E-state index contributed by atoms with van der Waals surface area (Å²) in [5.41, 5.74) is 3.63. The van der Waals surface area contributed by atoms with Gasteiger partial charge in [-0.25, -0.2) is 0 Å². The zero-order valence-corrected chi connectivity index (χ0v) is 16.5. The molecule has 148 valence electrons. The van der Waals surface area contributed by atoms with Crippen LogP contribution in [0.2, 0.25) is 0 Å². The van der Waals surface area contributed by atoms with E-state index in [1.165, 1.54) is 6.92 Å².